The third-order valence-corrected chi connectivity index (χ3v) is 5.50. The van der Waals surface area contributed by atoms with E-state index < -0.39 is 0 Å². The van der Waals surface area contributed by atoms with Gasteiger partial charge in [-0.3, -0.25) is 9.69 Å². The Kier molecular flexibility index (Phi) is 6.49. The zero-order valence-corrected chi connectivity index (χ0v) is 14.0. The molecule has 3 unspecified atom stereocenters. The number of nitrogens with one attached hydrogen (secondary N) is 2. The van der Waals surface area contributed by atoms with Crippen molar-refractivity contribution in [2.75, 3.05) is 33.2 Å². The topological polar surface area (TPSA) is 44.4 Å². The molecule has 3 atom stereocenters. The first kappa shape index (κ1) is 16.8. The number of rotatable bonds is 5. The fourth-order valence-electron chi connectivity index (χ4n) is 3.85. The maximum absolute atomic E-state index is 12.3. The van der Waals surface area contributed by atoms with Crippen LogP contribution >= 0.6 is 0 Å². The molecule has 0 bridgehead atoms. The van der Waals surface area contributed by atoms with Crippen LogP contribution < -0.4 is 10.6 Å². The van der Waals surface area contributed by atoms with Crippen molar-refractivity contribution in [3.05, 3.63) is 0 Å². The van der Waals surface area contributed by atoms with Crippen LogP contribution in [0.4, 0.5) is 0 Å². The van der Waals surface area contributed by atoms with Gasteiger partial charge >= 0.3 is 0 Å². The van der Waals surface area contributed by atoms with Crippen LogP contribution in [0.5, 0.6) is 0 Å². The Bertz CT molecular complexity index is 328. The van der Waals surface area contributed by atoms with Crippen molar-refractivity contribution in [1.29, 1.82) is 0 Å². The summed E-state index contributed by atoms with van der Waals surface area (Å²) in [4.78, 5) is 14.4. The molecule has 0 spiro atoms. The van der Waals surface area contributed by atoms with E-state index in [1.165, 1.54) is 25.7 Å². The molecule has 4 nitrogen and oxygen atoms in total. The number of hydrogen-bond acceptors (Lipinski definition) is 3. The van der Waals surface area contributed by atoms with Gasteiger partial charge < -0.3 is 10.6 Å². The molecule has 0 aromatic heterocycles. The van der Waals surface area contributed by atoms with Crippen molar-refractivity contribution < 1.29 is 4.79 Å². The Hall–Kier alpha value is -0.610. The second-order valence-electron chi connectivity index (χ2n) is 7.33. The summed E-state index contributed by atoms with van der Waals surface area (Å²) >= 11 is 0. The van der Waals surface area contributed by atoms with Crippen molar-refractivity contribution in [2.45, 2.75) is 52.0 Å². The van der Waals surface area contributed by atoms with Gasteiger partial charge in [0.1, 0.15) is 0 Å². The Labute approximate surface area is 130 Å². The molecule has 21 heavy (non-hydrogen) atoms. The summed E-state index contributed by atoms with van der Waals surface area (Å²) < 4.78 is 0. The van der Waals surface area contributed by atoms with Crippen molar-refractivity contribution in [3.63, 3.8) is 0 Å². The summed E-state index contributed by atoms with van der Waals surface area (Å²) in [5, 5.41) is 6.67. The minimum Gasteiger partial charge on any atom is -0.352 e. The molecule has 122 valence electrons. The first-order valence-corrected chi connectivity index (χ1v) is 8.75. The molecule has 0 aromatic carbocycles. The molecule has 2 rings (SSSR count). The molecule has 1 aliphatic heterocycles. The Morgan fingerprint density at radius 1 is 1.19 bits per heavy atom. The van der Waals surface area contributed by atoms with Gasteiger partial charge in [0.05, 0.1) is 6.54 Å². The van der Waals surface area contributed by atoms with Crippen molar-refractivity contribution in [3.8, 4) is 0 Å². The molecule has 2 fully saturated rings. The van der Waals surface area contributed by atoms with E-state index in [-0.39, 0.29) is 5.91 Å². The zero-order chi connectivity index (χ0) is 15.2. The smallest absolute Gasteiger partial charge is 0.234 e. The molecule has 2 aliphatic rings. The monoisotopic (exact) mass is 295 g/mol. The summed E-state index contributed by atoms with van der Waals surface area (Å²) in [5.74, 6) is 2.30. The molecule has 2 N–H and O–H groups in total. The van der Waals surface area contributed by atoms with Gasteiger partial charge in [0.25, 0.3) is 0 Å². The lowest BCUT2D eigenvalue weighted by Crippen LogP contribution is -2.47. The van der Waals surface area contributed by atoms with Gasteiger partial charge in [0.2, 0.25) is 5.91 Å². The lowest BCUT2D eigenvalue weighted by molar-refractivity contribution is -0.123. The van der Waals surface area contributed by atoms with Gasteiger partial charge in [-0.25, -0.2) is 0 Å². The van der Waals surface area contributed by atoms with E-state index in [0.29, 0.717) is 18.5 Å². The fourth-order valence-corrected chi connectivity index (χ4v) is 3.85. The third kappa shape index (κ3) is 5.26. The number of carbonyl (C=O) groups excluding carboxylic acids is 1. The van der Waals surface area contributed by atoms with E-state index in [1.807, 2.05) is 0 Å². The molecular formula is C17H33N3O. The lowest BCUT2D eigenvalue weighted by Gasteiger charge is -2.35. The predicted molar refractivity (Wildman–Crippen MR) is 87.2 cm³/mol. The highest BCUT2D eigenvalue weighted by Crippen LogP contribution is 2.29. The van der Waals surface area contributed by atoms with Crippen LogP contribution in [0.1, 0.15) is 46.0 Å². The van der Waals surface area contributed by atoms with Crippen LogP contribution in [0.15, 0.2) is 0 Å². The van der Waals surface area contributed by atoms with Gasteiger partial charge in [-0.2, -0.15) is 0 Å². The maximum Gasteiger partial charge on any atom is 0.234 e. The first-order chi connectivity index (χ1) is 10.1. The average molecular weight is 295 g/mol. The predicted octanol–water partition coefficient (Wildman–Crippen LogP) is 1.86. The Morgan fingerprint density at radius 3 is 2.62 bits per heavy atom. The number of carbonyl (C=O) groups is 1. The lowest BCUT2D eigenvalue weighted by atomic mass is 9.78. The van der Waals surface area contributed by atoms with Crippen LogP contribution in [0.25, 0.3) is 0 Å². The first-order valence-electron chi connectivity index (χ1n) is 8.75. The maximum atomic E-state index is 12.3. The van der Waals surface area contributed by atoms with Crippen LogP contribution in [-0.2, 0) is 4.79 Å². The summed E-state index contributed by atoms with van der Waals surface area (Å²) in [7, 11) is 2.08. The summed E-state index contributed by atoms with van der Waals surface area (Å²) in [6, 6.07) is 0.383. The number of amides is 1. The Balaban J connectivity index is 1.70. The Morgan fingerprint density at radius 2 is 1.90 bits per heavy atom. The van der Waals surface area contributed by atoms with E-state index in [4.69, 9.17) is 0 Å². The van der Waals surface area contributed by atoms with Gasteiger partial charge in [0.15, 0.2) is 0 Å². The third-order valence-electron chi connectivity index (χ3n) is 5.50. The van der Waals surface area contributed by atoms with Crippen LogP contribution in [0.2, 0.25) is 0 Å². The molecule has 0 radical (unpaired) electrons. The van der Waals surface area contributed by atoms with Crippen LogP contribution in [0, 0.1) is 17.8 Å². The minimum absolute atomic E-state index is 0.206. The molecule has 1 amide bonds. The van der Waals surface area contributed by atoms with Gasteiger partial charge in [-0.1, -0.05) is 26.7 Å². The average Bonchev–Trinajstić information content (AvgIpc) is 2.44. The molecular weight excluding hydrogens is 262 g/mol. The summed E-state index contributed by atoms with van der Waals surface area (Å²) in [5.41, 5.74) is 0. The van der Waals surface area contributed by atoms with Gasteiger partial charge in [-0.15, -0.1) is 0 Å². The summed E-state index contributed by atoms with van der Waals surface area (Å²) in [6.45, 7) is 8.44. The molecule has 0 aromatic rings. The van der Waals surface area contributed by atoms with E-state index in [2.05, 4.69) is 36.4 Å². The number of nitrogens with zero attached hydrogens (tertiary/aromatic N) is 1. The fraction of sp³-hybridized carbons (Fsp3) is 0.941. The number of likely N-dealkylation sites (N-methyl/N-ethyl adjacent to an activating group) is 1. The van der Waals surface area contributed by atoms with E-state index in [9.17, 15) is 4.79 Å². The van der Waals surface area contributed by atoms with Crippen LogP contribution in [0.3, 0.4) is 0 Å². The normalized spacial score (nSPS) is 31.3. The second-order valence-corrected chi connectivity index (χ2v) is 7.33. The molecule has 4 heteroatoms. The van der Waals surface area contributed by atoms with Gasteiger partial charge in [-0.05, 0) is 57.2 Å². The number of piperidine rings is 1. The summed E-state index contributed by atoms with van der Waals surface area (Å²) in [6.07, 6.45) is 6.19. The van der Waals surface area contributed by atoms with Gasteiger partial charge in [0, 0.05) is 12.6 Å². The SMILES string of the molecule is CC1CCCC(NC(=O)CN(C)CC2CCNCC2)C1C. The molecule has 1 heterocycles. The highest BCUT2D eigenvalue weighted by Gasteiger charge is 2.28. The van der Waals surface area contributed by atoms with Crippen LogP contribution in [-0.4, -0.2) is 50.1 Å². The number of hydrogen-bond donors (Lipinski definition) is 2. The molecule has 1 saturated carbocycles. The highest BCUT2D eigenvalue weighted by molar-refractivity contribution is 5.78. The van der Waals surface area contributed by atoms with Crippen molar-refractivity contribution in [1.82, 2.24) is 15.5 Å². The van der Waals surface area contributed by atoms with E-state index in [0.717, 1.165) is 37.9 Å². The quantitative estimate of drug-likeness (QED) is 0.814. The largest absolute Gasteiger partial charge is 0.352 e. The van der Waals surface area contributed by atoms with E-state index >= 15 is 0 Å². The minimum atomic E-state index is 0.206. The van der Waals surface area contributed by atoms with Crippen molar-refractivity contribution >= 4 is 5.91 Å². The van der Waals surface area contributed by atoms with E-state index in [1.54, 1.807) is 0 Å². The molecule has 1 aliphatic carbocycles. The standard InChI is InChI=1S/C17H33N3O/c1-13-5-4-6-16(14(13)2)19-17(21)12-20(3)11-15-7-9-18-10-8-15/h13-16,18H,4-12H2,1-3H3,(H,19,21). The molecule has 1 saturated heterocycles. The zero-order valence-electron chi connectivity index (χ0n) is 14.0. The van der Waals surface area contributed by atoms with Crippen molar-refractivity contribution in [2.24, 2.45) is 17.8 Å². The highest BCUT2D eigenvalue weighted by atomic mass is 16.2. The second kappa shape index (κ2) is 8.14.